The standard InChI is InChI=1S/C17H26N4O/c1-18-17(19-11-10-14-6-4-3-5-7-14)21-13-15-8-9-16(22-2)20-12-15/h6,8-9,12H,3-5,7,10-11,13H2,1-2H3,(H2,18,19,21). The van der Waals surface area contributed by atoms with Crippen LogP contribution >= 0.6 is 0 Å². The third kappa shape index (κ3) is 5.39. The van der Waals surface area contributed by atoms with Crippen LogP contribution in [0, 0.1) is 0 Å². The highest BCUT2D eigenvalue weighted by atomic mass is 16.5. The zero-order chi connectivity index (χ0) is 15.6. The number of aliphatic imine (C=N–C) groups is 1. The van der Waals surface area contributed by atoms with Crippen LogP contribution in [0.3, 0.4) is 0 Å². The lowest BCUT2D eigenvalue weighted by molar-refractivity contribution is 0.397. The van der Waals surface area contributed by atoms with E-state index >= 15 is 0 Å². The molecule has 0 aliphatic heterocycles. The fraction of sp³-hybridized carbons (Fsp3) is 0.529. The van der Waals surface area contributed by atoms with Crippen molar-refractivity contribution >= 4 is 5.96 Å². The van der Waals surface area contributed by atoms with E-state index in [1.807, 2.05) is 18.3 Å². The van der Waals surface area contributed by atoms with Gasteiger partial charge in [-0.25, -0.2) is 4.98 Å². The van der Waals surface area contributed by atoms with Gasteiger partial charge in [-0.1, -0.05) is 17.7 Å². The van der Waals surface area contributed by atoms with Gasteiger partial charge in [-0.2, -0.15) is 0 Å². The van der Waals surface area contributed by atoms with E-state index in [1.54, 1.807) is 19.7 Å². The number of methoxy groups -OCH3 is 1. The minimum atomic E-state index is 0.631. The molecule has 1 aromatic rings. The minimum absolute atomic E-state index is 0.631. The van der Waals surface area contributed by atoms with Crippen LogP contribution in [0.5, 0.6) is 5.88 Å². The lowest BCUT2D eigenvalue weighted by Crippen LogP contribution is -2.37. The number of ether oxygens (including phenoxy) is 1. The summed E-state index contributed by atoms with van der Waals surface area (Å²) >= 11 is 0. The maximum Gasteiger partial charge on any atom is 0.212 e. The number of hydrogen-bond donors (Lipinski definition) is 2. The fourth-order valence-corrected chi connectivity index (χ4v) is 2.52. The summed E-state index contributed by atoms with van der Waals surface area (Å²) in [4.78, 5) is 8.44. The van der Waals surface area contributed by atoms with Gasteiger partial charge >= 0.3 is 0 Å². The highest BCUT2D eigenvalue weighted by Crippen LogP contribution is 2.19. The molecule has 120 valence electrons. The van der Waals surface area contributed by atoms with Gasteiger partial charge < -0.3 is 15.4 Å². The van der Waals surface area contributed by atoms with E-state index < -0.39 is 0 Å². The largest absolute Gasteiger partial charge is 0.481 e. The van der Waals surface area contributed by atoms with Crippen LogP contribution in [-0.4, -0.2) is 31.6 Å². The van der Waals surface area contributed by atoms with Crippen LogP contribution in [0.15, 0.2) is 35.0 Å². The molecule has 22 heavy (non-hydrogen) atoms. The molecule has 1 aliphatic carbocycles. The van der Waals surface area contributed by atoms with Gasteiger partial charge in [0.15, 0.2) is 5.96 Å². The predicted octanol–water partition coefficient (Wildman–Crippen LogP) is 2.65. The molecule has 0 fully saturated rings. The zero-order valence-electron chi connectivity index (χ0n) is 13.6. The van der Waals surface area contributed by atoms with Crippen LogP contribution in [0.25, 0.3) is 0 Å². The van der Waals surface area contributed by atoms with Crippen molar-refractivity contribution in [2.45, 2.75) is 38.6 Å². The molecule has 0 unspecified atom stereocenters. The summed E-state index contributed by atoms with van der Waals surface area (Å²) in [7, 11) is 3.41. The summed E-state index contributed by atoms with van der Waals surface area (Å²) < 4.78 is 5.05. The first-order chi connectivity index (χ1) is 10.8. The first kappa shape index (κ1) is 16.3. The van der Waals surface area contributed by atoms with E-state index in [-0.39, 0.29) is 0 Å². The van der Waals surface area contributed by atoms with Crippen molar-refractivity contribution in [1.82, 2.24) is 15.6 Å². The summed E-state index contributed by atoms with van der Waals surface area (Å²) in [6, 6.07) is 3.86. The molecule has 2 N–H and O–H groups in total. The van der Waals surface area contributed by atoms with Crippen molar-refractivity contribution in [2.75, 3.05) is 20.7 Å². The minimum Gasteiger partial charge on any atom is -0.481 e. The van der Waals surface area contributed by atoms with Crippen molar-refractivity contribution in [3.05, 3.63) is 35.5 Å². The van der Waals surface area contributed by atoms with Crippen LogP contribution in [-0.2, 0) is 6.54 Å². The summed E-state index contributed by atoms with van der Waals surface area (Å²) in [6.45, 7) is 1.62. The number of nitrogens with zero attached hydrogens (tertiary/aromatic N) is 2. The Balaban J connectivity index is 1.71. The Labute approximate surface area is 132 Å². The molecule has 1 aliphatic rings. The SMILES string of the molecule is CN=C(NCCC1=CCCCC1)NCc1ccc(OC)nc1. The van der Waals surface area contributed by atoms with Crippen molar-refractivity contribution in [3.8, 4) is 5.88 Å². The van der Waals surface area contributed by atoms with Crippen molar-refractivity contribution in [3.63, 3.8) is 0 Å². The monoisotopic (exact) mass is 302 g/mol. The second-order valence-corrected chi connectivity index (χ2v) is 5.42. The molecule has 1 heterocycles. The van der Waals surface area contributed by atoms with Crippen LogP contribution in [0.2, 0.25) is 0 Å². The Morgan fingerprint density at radius 1 is 1.32 bits per heavy atom. The van der Waals surface area contributed by atoms with E-state index in [1.165, 1.54) is 25.7 Å². The number of hydrogen-bond acceptors (Lipinski definition) is 3. The van der Waals surface area contributed by atoms with Gasteiger partial charge in [0.2, 0.25) is 5.88 Å². The quantitative estimate of drug-likeness (QED) is 0.482. The number of nitrogens with one attached hydrogen (secondary N) is 2. The van der Waals surface area contributed by atoms with E-state index in [2.05, 4.69) is 26.7 Å². The summed E-state index contributed by atoms with van der Waals surface area (Å²) in [5.74, 6) is 1.46. The molecule has 0 radical (unpaired) electrons. The average Bonchev–Trinajstić information content (AvgIpc) is 2.59. The third-order valence-corrected chi connectivity index (χ3v) is 3.81. The zero-order valence-corrected chi connectivity index (χ0v) is 13.6. The van der Waals surface area contributed by atoms with Gasteiger partial charge in [0.05, 0.1) is 7.11 Å². The molecular weight excluding hydrogens is 276 g/mol. The Hall–Kier alpha value is -2.04. The molecule has 5 nitrogen and oxygen atoms in total. The number of allylic oxidation sites excluding steroid dienone is 1. The molecule has 0 spiro atoms. The van der Waals surface area contributed by atoms with Crippen molar-refractivity contribution in [1.29, 1.82) is 0 Å². The molecule has 0 bridgehead atoms. The van der Waals surface area contributed by atoms with Gasteiger partial charge in [-0.15, -0.1) is 0 Å². The number of pyridine rings is 1. The highest BCUT2D eigenvalue weighted by molar-refractivity contribution is 5.79. The summed E-state index contributed by atoms with van der Waals surface area (Å²) in [5, 5.41) is 6.66. The molecule has 2 rings (SSSR count). The molecule has 1 aromatic heterocycles. The normalized spacial score (nSPS) is 15.2. The first-order valence-corrected chi connectivity index (χ1v) is 7.93. The van der Waals surface area contributed by atoms with Gasteiger partial charge in [-0.3, -0.25) is 4.99 Å². The first-order valence-electron chi connectivity index (χ1n) is 7.93. The maximum atomic E-state index is 5.05. The molecule has 0 atom stereocenters. The molecule has 0 aromatic carbocycles. The van der Waals surface area contributed by atoms with Gasteiger partial charge in [0.25, 0.3) is 0 Å². The second-order valence-electron chi connectivity index (χ2n) is 5.42. The second kappa shape index (κ2) is 9.07. The molecule has 0 saturated carbocycles. The maximum absolute atomic E-state index is 5.05. The van der Waals surface area contributed by atoms with E-state index in [4.69, 9.17) is 4.74 Å². The number of aromatic nitrogens is 1. The van der Waals surface area contributed by atoms with Gasteiger partial charge in [0.1, 0.15) is 0 Å². The molecule has 5 heteroatoms. The van der Waals surface area contributed by atoms with Crippen molar-refractivity contribution < 1.29 is 4.74 Å². The van der Waals surface area contributed by atoms with E-state index in [0.29, 0.717) is 12.4 Å². The van der Waals surface area contributed by atoms with Gasteiger partial charge in [-0.05, 0) is 37.7 Å². The van der Waals surface area contributed by atoms with Crippen LogP contribution < -0.4 is 15.4 Å². The van der Waals surface area contributed by atoms with E-state index in [0.717, 1.165) is 24.5 Å². The average molecular weight is 302 g/mol. The number of guanidine groups is 1. The third-order valence-electron chi connectivity index (χ3n) is 3.81. The Morgan fingerprint density at radius 2 is 2.23 bits per heavy atom. The molecular formula is C17H26N4O. The van der Waals surface area contributed by atoms with Crippen LogP contribution in [0.1, 0.15) is 37.7 Å². The Kier molecular flexibility index (Phi) is 6.74. The smallest absolute Gasteiger partial charge is 0.212 e. The number of rotatable bonds is 6. The van der Waals surface area contributed by atoms with E-state index in [9.17, 15) is 0 Å². The topological polar surface area (TPSA) is 58.5 Å². The summed E-state index contributed by atoms with van der Waals surface area (Å²) in [5.41, 5.74) is 2.67. The van der Waals surface area contributed by atoms with Crippen molar-refractivity contribution in [2.24, 2.45) is 4.99 Å². The fourth-order valence-electron chi connectivity index (χ4n) is 2.52. The van der Waals surface area contributed by atoms with Crippen LogP contribution in [0.4, 0.5) is 0 Å². The lowest BCUT2D eigenvalue weighted by atomic mass is 9.97. The van der Waals surface area contributed by atoms with Gasteiger partial charge in [0, 0.05) is 32.4 Å². The Bertz CT molecular complexity index is 508. The summed E-state index contributed by atoms with van der Waals surface area (Å²) in [6.07, 6.45) is 10.5. The highest BCUT2D eigenvalue weighted by Gasteiger charge is 2.04. The predicted molar refractivity (Wildman–Crippen MR) is 90.2 cm³/mol. The lowest BCUT2D eigenvalue weighted by Gasteiger charge is -2.15. The molecule has 0 saturated heterocycles. The molecule has 0 amide bonds. The Morgan fingerprint density at radius 3 is 2.86 bits per heavy atom.